The summed E-state index contributed by atoms with van der Waals surface area (Å²) in [5.74, 6) is -1.53. The van der Waals surface area contributed by atoms with Crippen LogP contribution in [0.3, 0.4) is 0 Å². The summed E-state index contributed by atoms with van der Waals surface area (Å²) in [5, 5.41) is 9.86. The second-order valence-electron chi connectivity index (χ2n) is 6.77. The molecule has 2 rings (SSSR count). The van der Waals surface area contributed by atoms with Gasteiger partial charge in [0, 0.05) is 6.20 Å². The summed E-state index contributed by atoms with van der Waals surface area (Å²) in [6.07, 6.45) is 10.1. The molecular formula is C21H29NO4. The number of rotatable bonds is 9. The molecule has 0 aliphatic carbocycles. The van der Waals surface area contributed by atoms with E-state index >= 15 is 0 Å². The average molecular weight is 359 g/mol. The zero-order valence-corrected chi connectivity index (χ0v) is 15.7. The van der Waals surface area contributed by atoms with Gasteiger partial charge in [0.15, 0.2) is 0 Å². The molecule has 0 aromatic heterocycles. The van der Waals surface area contributed by atoms with Gasteiger partial charge >= 0.3 is 12.1 Å². The van der Waals surface area contributed by atoms with Gasteiger partial charge in [-0.1, -0.05) is 69.7 Å². The highest BCUT2D eigenvalue weighted by Gasteiger charge is 2.38. The molecule has 1 N–H and O–H groups in total. The van der Waals surface area contributed by atoms with Gasteiger partial charge in [-0.15, -0.1) is 0 Å². The standard InChI is InChI=1S/C21H29NO4/c1-3-4-5-6-7-8-13-18(20(23)24)19-17-12-10-9-11-16(17)14-15-22(19)21(25)26-2/h9-12,14-15,18-19H,3-8,13H2,1-2H3,(H,23,24)/t18-,19-/m1/s1. The summed E-state index contributed by atoms with van der Waals surface area (Å²) in [6.45, 7) is 2.18. The molecule has 1 aliphatic rings. The van der Waals surface area contributed by atoms with Crippen LogP contribution in [-0.4, -0.2) is 29.2 Å². The molecule has 1 aromatic rings. The molecule has 0 unspecified atom stereocenters. The minimum absolute atomic E-state index is 0.532. The van der Waals surface area contributed by atoms with Gasteiger partial charge in [-0.3, -0.25) is 9.69 Å². The quantitative estimate of drug-likeness (QED) is 0.613. The number of methoxy groups -OCH3 is 1. The Morgan fingerprint density at radius 3 is 2.54 bits per heavy atom. The van der Waals surface area contributed by atoms with E-state index in [1.807, 2.05) is 30.3 Å². The summed E-state index contributed by atoms with van der Waals surface area (Å²) in [6, 6.07) is 7.09. The number of carbonyl (C=O) groups excluding carboxylic acids is 1. The molecule has 1 amide bonds. The maximum absolute atomic E-state index is 12.2. The van der Waals surface area contributed by atoms with Crippen LogP contribution in [0.1, 0.15) is 69.0 Å². The van der Waals surface area contributed by atoms with E-state index in [1.54, 1.807) is 6.20 Å². The Labute approximate surface area is 155 Å². The summed E-state index contributed by atoms with van der Waals surface area (Å²) in [7, 11) is 1.32. The van der Waals surface area contributed by atoms with Crippen LogP contribution >= 0.6 is 0 Å². The van der Waals surface area contributed by atoms with Crippen molar-refractivity contribution in [3.05, 3.63) is 41.6 Å². The van der Waals surface area contributed by atoms with Crippen molar-refractivity contribution in [2.45, 2.75) is 57.9 Å². The van der Waals surface area contributed by atoms with Crippen molar-refractivity contribution < 1.29 is 19.4 Å². The van der Waals surface area contributed by atoms with Crippen LogP contribution in [0.2, 0.25) is 0 Å². The number of aliphatic carboxylic acids is 1. The average Bonchev–Trinajstić information content (AvgIpc) is 2.66. The Morgan fingerprint density at radius 2 is 1.85 bits per heavy atom. The lowest BCUT2D eigenvalue weighted by Gasteiger charge is -2.36. The number of carbonyl (C=O) groups is 2. The predicted molar refractivity (Wildman–Crippen MR) is 102 cm³/mol. The second kappa shape index (κ2) is 10.00. The van der Waals surface area contributed by atoms with Crippen LogP contribution in [0, 0.1) is 5.92 Å². The Kier molecular flexibility index (Phi) is 7.70. The van der Waals surface area contributed by atoms with E-state index in [2.05, 4.69) is 6.92 Å². The van der Waals surface area contributed by atoms with Crippen molar-refractivity contribution in [1.82, 2.24) is 4.90 Å². The smallest absolute Gasteiger partial charge is 0.414 e. The van der Waals surface area contributed by atoms with E-state index in [1.165, 1.54) is 31.3 Å². The monoisotopic (exact) mass is 359 g/mol. The third-order valence-electron chi connectivity index (χ3n) is 4.98. The van der Waals surface area contributed by atoms with Crippen molar-refractivity contribution in [3.63, 3.8) is 0 Å². The number of benzene rings is 1. The number of hydrogen-bond acceptors (Lipinski definition) is 3. The molecule has 1 aliphatic heterocycles. The topological polar surface area (TPSA) is 66.8 Å². The molecule has 0 bridgehead atoms. The predicted octanol–water partition coefficient (Wildman–Crippen LogP) is 5.23. The van der Waals surface area contributed by atoms with Crippen LogP contribution < -0.4 is 0 Å². The first-order valence-electron chi connectivity index (χ1n) is 9.46. The summed E-state index contributed by atoms with van der Waals surface area (Å²) < 4.78 is 4.88. The lowest BCUT2D eigenvalue weighted by atomic mass is 9.84. The fourth-order valence-electron chi connectivity index (χ4n) is 3.59. The molecule has 142 valence electrons. The van der Waals surface area contributed by atoms with Crippen molar-refractivity contribution in [2.75, 3.05) is 7.11 Å². The molecular weight excluding hydrogens is 330 g/mol. The number of nitrogens with zero attached hydrogens (tertiary/aromatic N) is 1. The van der Waals surface area contributed by atoms with E-state index in [-0.39, 0.29) is 0 Å². The molecule has 26 heavy (non-hydrogen) atoms. The molecule has 0 radical (unpaired) electrons. The minimum Gasteiger partial charge on any atom is -0.481 e. The van der Waals surface area contributed by atoms with E-state index in [0.717, 1.165) is 30.4 Å². The van der Waals surface area contributed by atoms with Crippen molar-refractivity contribution in [1.29, 1.82) is 0 Å². The minimum atomic E-state index is -0.873. The number of hydrogen-bond donors (Lipinski definition) is 1. The lowest BCUT2D eigenvalue weighted by Crippen LogP contribution is -2.39. The largest absolute Gasteiger partial charge is 0.481 e. The Hall–Kier alpha value is -2.30. The molecule has 5 heteroatoms. The molecule has 0 saturated carbocycles. The van der Waals surface area contributed by atoms with Crippen molar-refractivity contribution in [3.8, 4) is 0 Å². The van der Waals surface area contributed by atoms with Gasteiger partial charge in [0.2, 0.25) is 0 Å². The maximum atomic E-state index is 12.2. The Balaban J connectivity index is 2.18. The zero-order chi connectivity index (χ0) is 18.9. The van der Waals surface area contributed by atoms with Crippen LogP contribution in [0.5, 0.6) is 0 Å². The highest BCUT2D eigenvalue weighted by atomic mass is 16.5. The van der Waals surface area contributed by atoms with Gasteiger partial charge in [0.05, 0.1) is 19.1 Å². The van der Waals surface area contributed by atoms with Crippen LogP contribution in [0.25, 0.3) is 6.08 Å². The molecule has 0 spiro atoms. The fraction of sp³-hybridized carbons (Fsp3) is 0.524. The first kappa shape index (κ1) is 20.0. The van der Waals surface area contributed by atoms with E-state index < -0.39 is 24.0 Å². The lowest BCUT2D eigenvalue weighted by molar-refractivity contribution is -0.144. The highest BCUT2D eigenvalue weighted by Crippen LogP contribution is 2.38. The number of carboxylic acids is 1. The number of fused-ring (bicyclic) bond motifs is 1. The van der Waals surface area contributed by atoms with Gasteiger partial charge < -0.3 is 9.84 Å². The van der Waals surface area contributed by atoms with Crippen molar-refractivity contribution in [2.24, 2.45) is 5.92 Å². The summed E-state index contributed by atoms with van der Waals surface area (Å²) in [4.78, 5) is 25.7. The number of carboxylic acid groups (broad SMARTS) is 1. The molecule has 1 heterocycles. The van der Waals surface area contributed by atoms with Gasteiger partial charge in [0.1, 0.15) is 0 Å². The van der Waals surface area contributed by atoms with Gasteiger partial charge in [-0.2, -0.15) is 0 Å². The summed E-state index contributed by atoms with van der Waals surface area (Å²) >= 11 is 0. The Bertz CT molecular complexity index is 641. The summed E-state index contributed by atoms with van der Waals surface area (Å²) in [5.41, 5.74) is 1.81. The number of amides is 1. The van der Waals surface area contributed by atoms with E-state index in [0.29, 0.717) is 6.42 Å². The van der Waals surface area contributed by atoms with E-state index in [9.17, 15) is 14.7 Å². The molecule has 5 nitrogen and oxygen atoms in total. The number of ether oxygens (including phenoxy) is 1. The number of unbranched alkanes of at least 4 members (excludes halogenated alkanes) is 5. The van der Waals surface area contributed by atoms with Crippen molar-refractivity contribution >= 4 is 18.1 Å². The highest BCUT2D eigenvalue weighted by molar-refractivity contribution is 5.77. The van der Waals surface area contributed by atoms with Gasteiger partial charge in [-0.25, -0.2) is 4.79 Å². The van der Waals surface area contributed by atoms with Gasteiger partial charge in [0.25, 0.3) is 0 Å². The molecule has 2 atom stereocenters. The Morgan fingerprint density at radius 1 is 1.15 bits per heavy atom. The SMILES string of the molecule is CCCCCCCC[C@@H](C(=O)O)[C@H]1c2ccccc2C=CN1C(=O)OC. The normalized spacial score (nSPS) is 16.8. The molecule has 0 saturated heterocycles. The van der Waals surface area contributed by atoms with Gasteiger partial charge in [-0.05, 0) is 23.6 Å². The van der Waals surface area contributed by atoms with Crippen LogP contribution in [-0.2, 0) is 9.53 Å². The maximum Gasteiger partial charge on any atom is 0.414 e. The molecule has 1 aromatic carbocycles. The fourth-order valence-corrected chi connectivity index (χ4v) is 3.59. The molecule has 0 fully saturated rings. The van der Waals surface area contributed by atoms with E-state index in [4.69, 9.17) is 4.74 Å². The zero-order valence-electron chi connectivity index (χ0n) is 15.7. The third-order valence-corrected chi connectivity index (χ3v) is 4.98. The first-order chi connectivity index (χ1) is 12.6. The van der Waals surface area contributed by atoms with Crippen LogP contribution in [0.4, 0.5) is 4.79 Å². The van der Waals surface area contributed by atoms with Crippen LogP contribution in [0.15, 0.2) is 30.5 Å². The second-order valence-corrected chi connectivity index (χ2v) is 6.77. The first-order valence-corrected chi connectivity index (χ1v) is 9.46. The third kappa shape index (κ3) is 4.87.